The first kappa shape index (κ1) is 17.8. The molecule has 1 amide bonds. The number of rotatable bonds is 7. The number of nitrogens with one attached hydrogen (secondary N) is 1. The summed E-state index contributed by atoms with van der Waals surface area (Å²) in [5.41, 5.74) is 0.913. The van der Waals surface area contributed by atoms with Crippen LogP contribution < -0.4 is 5.32 Å². The van der Waals surface area contributed by atoms with Gasteiger partial charge < -0.3 is 14.6 Å². The van der Waals surface area contributed by atoms with E-state index < -0.39 is 19.9 Å². The normalized spacial score (nSPS) is 19.8. The summed E-state index contributed by atoms with van der Waals surface area (Å²) in [5, 5.41) is 2.71. The number of ether oxygens (including phenoxy) is 1. The van der Waals surface area contributed by atoms with Crippen LogP contribution in [-0.4, -0.2) is 19.0 Å². The molecule has 0 saturated carbocycles. The SMILES string of the molecule is CO[PH](=O)C(CC1CC=CCC1)NC(=O)OCc1ccccc1. The summed E-state index contributed by atoms with van der Waals surface area (Å²) < 4.78 is 22.2. The quantitative estimate of drug-likeness (QED) is 0.601. The van der Waals surface area contributed by atoms with Gasteiger partial charge in [-0.15, -0.1) is 0 Å². The van der Waals surface area contributed by atoms with Crippen molar-refractivity contribution in [1.29, 1.82) is 0 Å². The van der Waals surface area contributed by atoms with Crippen LogP contribution in [0.1, 0.15) is 31.2 Å². The fourth-order valence-corrected chi connectivity index (χ4v) is 3.71. The van der Waals surface area contributed by atoms with Crippen LogP contribution >= 0.6 is 8.03 Å². The van der Waals surface area contributed by atoms with Crippen molar-refractivity contribution in [2.24, 2.45) is 5.92 Å². The van der Waals surface area contributed by atoms with Gasteiger partial charge in [-0.25, -0.2) is 4.79 Å². The molecule has 0 heterocycles. The molecule has 0 saturated heterocycles. The molecule has 0 aromatic heterocycles. The van der Waals surface area contributed by atoms with E-state index in [4.69, 9.17) is 9.26 Å². The lowest BCUT2D eigenvalue weighted by Gasteiger charge is -2.24. The number of hydrogen-bond donors (Lipinski definition) is 1. The first-order chi connectivity index (χ1) is 11.2. The summed E-state index contributed by atoms with van der Waals surface area (Å²) in [6.45, 7) is 0.194. The van der Waals surface area contributed by atoms with Gasteiger partial charge in [0.05, 0.1) is 0 Å². The number of allylic oxidation sites excluding steroid dienone is 2. The van der Waals surface area contributed by atoms with E-state index in [0.29, 0.717) is 12.3 Å². The summed E-state index contributed by atoms with van der Waals surface area (Å²) in [6.07, 6.45) is 7.43. The fraction of sp³-hybridized carbons (Fsp3) is 0.471. The Morgan fingerprint density at radius 2 is 2.13 bits per heavy atom. The standard InChI is InChI=1S/C17H24NO4P/c1-21-23(20)16(12-14-8-4-2-5-9-14)18-17(19)22-13-15-10-6-3-7-11-15/h2-4,6-7,10-11,14,16,23H,5,8-9,12-13H2,1H3,(H,18,19). The Labute approximate surface area is 137 Å². The molecule has 1 aromatic rings. The van der Waals surface area contributed by atoms with Gasteiger partial charge in [0.25, 0.3) is 0 Å². The lowest BCUT2D eigenvalue weighted by Crippen LogP contribution is -2.34. The molecule has 1 aromatic carbocycles. The lowest BCUT2D eigenvalue weighted by molar-refractivity contribution is 0.136. The molecule has 3 atom stereocenters. The molecular weight excluding hydrogens is 313 g/mol. The Morgan fingerprint density at radius 1 is 1.35 bits per heavy atom. The second-order valence-electron chi connectivity index (χ2n) is 5.67. The molecular formula is C17H24NO4P. The van der Waals surface area contributed by atoms with Crippen LogP contribution in [0.15, 0.2) is 42.5 Å². The Morgan fingerprint density at radius 3 is 2.78 bits per heavy atom. The van der Waals surface area contributed by atoms with Crippen LogP contribution in [0.5, 0.6) is 0 Å². The minimum Gasteiger partial charge on any atom is -0.445 e. The van der Waals surface area contributed by atoms with E-state index in [1.807, 2.05) is 30.3 Å². The summed E-state index contributed by atoms with van der Waals surface area (Å²) >= 11 is 0. The van der Waals surface area contributed by atoms with E-state index in [1.54, 1.807) is 0 Å². The molecule has 0 spiro atoms. The highest BCUT2D eigenvalue weighted by Gasteiger charge is 2.24. The number of hydrogen-bond acceptors (Lipinski definition) is 4. The molecule has 3 unspecified atom stereocenters. The van der Waals surface area contributed by atoms with Crippen molar-refractivity contribution < 1.29 is 18.6 Å². The number of carbonyl (C=O) groups excluding carboxylic acids is 1. The van der Waals surface area contributed by atoms with Gasteiger partial charge in [0.15, 0.2) is 0 Å². The van der Waals surface area contributed by atoms with Crippen LogP contribution in [0, 0.1) is 5.92 Å². The zero-order valence-corrected chi connectivity index (χ0v) is 14.4. The van der Waals surface area contributed by atoms with Crippen molar-refractivity contribution >= 4 is 14.1 Å². The van der Waals surface area contributed by atoms with Crippen molar-refractivity contribution in [3.63, 3.8) is 0 Å². The Bertz CT molecular complexity index is 547. The van der Waals surface area contributed by atoms with Crippen molar-refractivity contribution in [1.82, 2.24) is 5.32 Å². The predicted octanol–water partition coefficient (Wildman–Crippen LogP) is 4.11. The maximum absolute atomic E-state index is 12.1. The zero-order valence-electron chi connectivity index (χ0n) is 13.4. The van der Waals surface area contributed by atoms with Crippen molar-refractivity contribution in [2.75, 3.05) is 7.11 Å². The molecule has 23 heavy (non-hydrogen) atoms. The number of carbonyl (C=O) groups is 1. The number of alkyl carbamates (subject to hydrolysis) is 1. The smallest absolute Gasteiger partial charge is 0.408 e. The molecule has 1 aliphatic rings. The summed E-state index contributed by atoms with van der Waals surface area (Å²) in [4.78, 5) is 12.0. The van der Waals surface area contributed by atoms with Crippen molar-refractivity contribution in [3.8, 4) is 0 Å². The average molecular weight is 337 g/mol. The molecule has 0 radical (unpaired) electrons. The first-order valence-corrected chi connectivity index (χ1v) is 9.28. The third kappa shape index (κ3) is 6.20. The Hall–Kier alpha value is -1.58. The van der Waals surface area contributed by atoms with Gasteiger partial charge >= 0.3 is 6.09 Å². The third-order valence-electron chi connectivity index (χ3n) is 3.94. The van der Waals surface area contributed by atoms with Crippen LogP contribution in [0.2, 0.25) is 0 Å². The summed E-state index contributed by atoms with van der Waals surface area (Å²) in [5.74, 6) is -0.0618. The van der Waals surface area contributed by atoms with E-state index in [1.165, 1.54) is 7.11 Å². The first-order valence-electron chi connectivity index (χ1n) is 7.89. The summed E-state index contributed by atoms with van der Waals surface area (Å²) in [7, 11) is -0.920. The predicted molar refractivity (Wildman–Crippen MR) is 90.7 cm³/mol. The highest BCUT2D eigenvalue weighted by molar-refractivity contribution is 7.40. The van der Waals surface area contributed by atoms with Crippen LogP contribution in [0.3, 0.4) is 0 Å². The molecule has 126 valence electrons. The molecule has 0 bridgehead atoms. The lowest BCUT2D eigenvalue weighted by atomic mass is 9.91. The zero-order chi connectivity index (χ0) is 16.5. The number of benzene rings is 1. The topological polar surface area (TPSA) is 64.6 Å². The number of amides is 1. The van der Waals surface area contributed by atoms with E-state index in [2.05, 4.69) is 17.5 Å². The maximum Gasteiger partial charge on any atom is 0.408 e. The minimum absolute atomic E-state index is 0.194. The van der Waals surface area contributed by atoms with Crippen molar-refractivity contribution in [3.05, 3.63) is 48.0 Å². The summed E-state index contributed by atoms with van der Waals surface area (Å²) in [6, 6.07) is 9.45. The fourth-order valence-electron chi connectivity index (χ4n) is 2.67. The van der Waals surface area contributed by atoms with Crippen molar-refractivity contribution in [2.45, 2.75) is 38.1 Å². The van der Waals surface area contributed by atoms with E-state index in [-0.39, 0.29) is 6.61 Å². The molecule has 1 N–H and O–H groups in total. The minimum atomic E-state index is -2.33. The second-order valence-corrected chi connectivity index (χ2v) is 7.41. The van der Waals surface area contributed by atoms with Gasteiger partial charge in [-0.3, -0.25) is 4.57 Å². The highest BCUT2D eigenvalue weighted by Crippen LogP contribution is 2.34. The largest absolute Gasteiger partial charge is 0.445 e. The monoisotopic (exact) mass is 337 g/mol. The molecule has 5 nitrogen and oxygen atoms in total. The molecule has 2 rings (SSSR count). The van der Waals surface area contributed by atoms with Crippen LogP contribution in [0.25, 0.3) is 0 Å². The molecule has 0 fully saturated rings. The molecule has 1 aliphatic carbocycles. The van der Waals surface area contributed by atoms with Gasteiger partial charge in [-0.1, -0.05) is 42.5 Å². The Kier molecular flexibility index (Phi) is 7.37. The van der Waals surface area contributed by atoms with Gasteiger partial charge in [-0.2, -0.15) is 0 Å². The van der Waals surface area contributed by atoms with Gasteiger partial charge in [0.2, 0.25) is 8.03 Å². The molecule has 0 aliphatic heterocycles. The highest BCUT2D eigenvalue weighted by atomic mass is 31.1. The van der Waals surface area contributed by atoms with Crippen LogP contribution in [-0.2, 0) is 20.4 Å². The molecule has 6 heteroatoms. The second kappa shape index (κ2) is 9.53. The third-order valence-corrected chi connectivity index (χ3v) is 5.29. The van der Waals surface area contributed by atoms with E-state index >= 15 is 0 Å². The van der Waals surface area contributed by atoms with Gasteiger partial charge in [0.1, 0.15) is 12.4 Å². The van der Waals surface area contributed by atoms with Gasteiger partial charge in [-0.05, 0) is 37.2 Å². The van der Waals surface area contributed by atoms with Crippen LogP contribution in [0.4, 0.5) is 4.79 Å². The van der Waals surface area contributed by atoms with Gasteiger partial charge in [0, 0.05) is 7.11 Å². The van der Waals surface area contributed by atoms with E-state index in [0.717, 1.165) is 24.8 Å². The average Bonchev–Trinajstić information content (AvgIpc) is 2.60. The van der Waals surface area contributed by atoms with E-state index in [9.17, 15) is 9.36 Å². The Balaban J connectivity index is 1.85. The maximum atomic E-state index is 12.1.